The van der Waals surface area contributed by atoms with E-state index in [1.54, 1.807) is 0 Å². The van der Waals surface area contributed by atoms with Crippen LogP contribution in [0.15, 0.2) is 0 Å². The van der Waals surface area contributed by atoms with E-state index < -0.39 is 0 Å². The van der Waals surface area contributed by atoms with Gasteiger partial charge < -0.3 is 10.6 Å². The number of hydrogen-bond donors (Lipinski definition) is 2. The summed E-state index contributed by atoms with van der Waals surface area (Å²) >= 11 is 0. The minimum atomic E-state index is 0.00852. The van der Waals surface area contributed by atoms with Gasteiger partial charge in [0.05, 0.1) is 6.04 Å². The summed E-state index contributed by atoms with van der Waals surface area (Å²) in [4.78, 5) is 14.6. The molecular weight excluding hydrogens is 238 g/mol. The molecule has 19 heavy (non-hydrogen) atoms. The van der Waals surface area contributed by atoms with Crippen LogP contribution in [-0.4, -0.2) is 48.6 Å². The van der Waals surface area contributed by atoms with Crippen LogP contribution in [0.25, 0.3) is 0 Å². The van der Waals surface area contributed by atoms with Crippen molar-refractivity contribution in [3.05, 3.63) is 0 Å². The standard InChI is InChI=1S/C15H29N3O/c1-11-4-5-12(2)18(11)13(3)15(19)17-9-7-14-6-8-16-10-14/h11-14,16H,4-10H2,1-3H3,(H,17,19). The van der Waals surface area contributed by atoms with Crippen LogP contribution in [0.2, 0.25) is 0 Å². The lowest BCUT2D eigenvalue weighted by Gasteiger charge is -2.31. The van der Waals surface area contributed by atoms with Crippen LogP contribution >= 0.6 is 0 Å². The van der Waals surface area contributed by atoms with Gasteiger partial charge in [-0.25, -0.2) is 0 Å². The Morgan fingerprint density at radius 1 is 1.32 bits per heavy atom. The second kappa shape index (κ2) is 6.71. The van der Waals surface area contributed by atoms with Crippen LogP contribution in [0, 0.1) is 5.92 Å². The summed E-state index contributed by atoms with van der Waals surface area (Å²) in [6.45, 7) is 9.59. The fourth-order valence-electron chi connectivity index (χ4n) is 3.62. The summed E-state index contributed by atoms with van der Waals surface area (Å²) in [7, 11) is 0. The van der Waals surface area contributed by atoms with E-state index >= 15 is 0 Å². The number of likely N-dealkylation sites (tertiary alicyclic amines) is 1. The first-order valence-electron chi connectivity index (χ1n) is 7.85. The summed E-state index contributed by atoms with van der Waals surface area (Å²) in [6, 6.07) is 1.08. The maximum Gasteiger partial charge on any atom is 0.237 e. The van der Waals surface area contributed by atoms with Crippen molar-refractivity contribution < 1.29 is 4.79 Å². The lowest BCUT2D eigenvalue weighted by atomic mass is 10.1. The molecule has 2 fully saturated rings. The molecule has 4 heteroatoms. The SMILES string of the molecule is CC1CCC(C)N1C(C)C(=O)NCCC1CCNC1. The van der Waals surface area contributed by atoms with Crippen molar-refractivity contribution in [2.45, 2.75) is 64.6 Å². The predicted octanol–water partition coefficient (Wildman–Crippen LogP) is 1.36. The topological polar surface area (TPSA) is 44.4 Å². The van der Waals surface area contributed by atoms with E-state index in [1.165, 1.54) is 19.3 Å². The smallest absolute Gasteiger partial charge is 0.237 e. The molecule has 0 aliphatic carbocycles. The molecule has 4 nitrogen and oxygen atoms in total. The fourth-order valence-corrected chi connectivity index (χ4v) is 3.62. The van der Waals surface area contributed by atoms with Crippen LogP contribution in [-0.2, 0) is 4.79 Å². The molecule has 0 spiro atoms. The van der Waals surface area contributed by atoms with E-state index in [1.807, 2.05) is 6.92 Å². The van der Waals surface area contributed by atoms with Gasteiger partial charge in [-0.1, -0.05) is 0 Å². The molecule has 0 aromatic rings. The Labute approximate surface area is 117 Å². The second-order valence-electron chi connectivity index (χ2n) is 6.34. The highest BCUT2D eigenvalue weighted by molar-refractivity contribution is 5.81. The summed E-state index contributed by atoms with van der Waals surface area (Å²) in [5.41, 5.74) is 0. The maximum atomic E-state index is 12.2. The predicted molar refractivity (Wildman–Crippen MR) is 78.1 cm³/mol. The van der Waals surface area contributed by atoms with Crippen molar-refractivity contribution in [1.82, 2.24) is 15.5 Å². The molecule has 0 aromatic heterocycles. The Bertz CT molecular complexity index is 292. The summed E-state index contributed by atoms with van der Waals surface area (Å²) in [6.07, 6.45) is 4.79. The minimum absolute atomic E-state index is 0.00852. The van der Waals surface area contributed by atoms with Crippen molar-refractivity contribution in [2.24, 2.45) is 5.92 Å². The zero-order valence-corrected chi connectivity index (χ0v) is 12.6. The van der Waals surface area contributed by atoms with E-state index in [4.69, 9.17) is 0 Å². The Hall–Kier alpha value is -0.610. The Balaban J connectivity index is 1.72. The lowest BCUT2D eigenvalue weighted by Crippen LogP contribution is -2.49. The Kier molecular flexibility index (Phi) is 5.22. The lowest BCUT2D eigenvalue weighted by molar-refractivity contribution is -0.126. The maximum absolute atomic E-state index is 12.2. The zero-order chi connectivity index (χ0) is 13.8. The van der Waals surface area contributed by atoms with Gasteiger partial charge in [0.25, 0.3) is 0 Å². The molecule has 110 valence electrons. The molecule has 2 heterocycles. The monoisotopic (exact) mass is 267 g/mol. The third-order valence-electron chi connectivity index (χ3n) is 4.86. The van der Waals surface area contributed by atoms with Gasteiger partial charge in [0.2, 0.25) is 5.91 Å². The first kappa shape index (κ1) is 14.8. The van der Waals surface area contributed by atoms with Gasteiger partial charge in [-0.3, -0.25) is 9.69 Å². The molecule has 2 N–H and O–H groups in total. The molecule has 1 amide bonds. The van der Waals surface area contributed by atoms with E-state index in [-0.39, 0.29) is 11.9 Å². The molecule has 2 saturated heterocycles. The van der Waals surface area contributed by atoms with Gasteiger partial charge in [0.1, 0.15) is 0 Å². The fraction of sp³-hybridized carbons (Fsp3) is 0.933. The average molecular weight is 267 g/mol. The molecule has 2 rings (SSSR count). The molecule has 2 aliphatic heterocycles. The number of rotatable bonds is 5. The van der Waals surface area contributed by atoms with Gasteiger partial charge in [-0.05, 0) is 65.5 Å². The molecule has 0 aromatic carbocycles. The van der Waals surface area contributed by atoms with Crippen molar-refractivity contribution in [1.29, 1.82) is 0 Å². The third-order valence-corrected chi connectivity index (χ3v) is 4.86. The molecule has 4 unspecified atom stereocenters. The normalized spacial score (nSPS) is 33.5. The number of carbonyl (C=O) groups excluding carboxylic acids is 1. The first-order chi connectivity index (χ1) is 9.09. The molecule has 0 saturated carbocycles. The van der Waals surface area contributed by atoms with Gasteiger partial charge in [-0.2, -0.15) is 0 Å². The second-order valence-corrected chi connectivity index (χ2v) is 6.34. The highest BCUT2D eigenvalue weighted by Crippen LogP contribution is 2.25. The van der Waals surface area contributed by atoms with Crippen molar-refractivity contribution >= 4 is 5.91 Å². The number of hydrogen-bond acceptors (Lipinski definition) is 3. The van der Waals surface area contributed by atoms with E-state index in [0.29, 0.717) is 12.1 Å². The molecular formula is C15H29N3O. The van der Waals surface area contributed by atoms with Crippen LogP contribution < -0.4 is 10.6 Å². The number of nitrogens with one attached hydrogen (secondary N) is 2. The quantitative estimate of drug-likeness (QED) is 0.790. The Morgan fingerprint density at radius 3 is 2.58 bits per heavy atom. The molecule has 2 aliphatic rings. The van der Waals surface area contributed by atoms with Crippen molar-refractivity contribution in [3.8, 4) is 0 Å². The van der Waals surface area contributed by atoms with E-state index in [0.717, 1.165) is 32.0 Å². The molecule has 0 bridgehead atoms. The van der Waals surface area contributed by atoms with Gasteiger partial charge in [0.15, 0.2) is 0 Å². The summed E-state index contributed by atoms with van der Waals surface area (Å²) in [5.74, 6) is 0.951. The van der Waals surface area contributed by atoms with E-state index in [9.17, 15) is 4.79 Å². The van der Waals surface area contributed by atoms with Gasteiger partial charge >= 0.3 is 0 Å². The average Bonchev–Trinajstić information content (AvgIpc) is 2.99. The largest absolute Gasteiger partial charge is 0.355 e. The van der Waals surface area contributed by atoms with Crippen LogP contribution in [0.3, 0.4) is 0 Å². The zero-order valence-electron chi connectivity index (χ0n) is 12.6. The van der Waals surface area contributed by atoms with Crippen LogP contribution in [0.5, 0.6) is 0 Å². The molecule has 4 atom stereocenters. The highest BCUT2D eigenvalue weighted by atomic mass is 16.2. The number of carbonyl (C=O) groups is 1. The highest BCUT2D eigenvalue weighted by Gasteiger charge is 2.34. The molecule has 0 radical (unpaired) electrons. The third kappa shape index (κ3) is 3.69. The Morgan fingerprint density at radius 2 is 2.00 bits per heavy atom. The van der Waals surface area contributed by atoms with Crippen LogP contribution in [0.1, 0.15) is 46.5 Å². The first-order valence-corrected chi connectivity index (χ1v) is 7.85. The summed E-state index contributed by atoms with van der Waals surface area (Å²) < 4.78 is 0. The van der Waals surface area contributed by atoms with Crippen LogP contribution in [0.4, 0.5) is 0 Å². The minimum Gasteiger partial charge on any atom is -0.355 e. The van der Waals surface area contributed by atoms with Crippen molar-refractivity contribution in [2.75, 3.05) is 19.6 Å². The number of amides is 1. The van der Waals surface area contributed by atoms with Gasteiger partial charge in [-0.15, -0.1) is 0 Å². The van der Waals surface area contributed by atoms with Crippen molar-refractivity contribution in [3.63, 3.8) is 0 Å². The summed E-state index contributed by atoms with van der Waals surface area (Å²) in [5, 5.41) is 6.49. The number of nitrogens with zero attached hydrogens (tertiary/aromatic N) is 1. The van der Waals surface area contributed by atoms with E-state index in [2.05, 4.69) is 29.4 Å². The van der Waals surface area contributed by atoms with Gasteiger partial charge in [0, 0.05) is 18.6 Å².